The fourth-order valence-corrected chi connectivity index (χ4v) is 3.46. The molecule has 2 aromatic rings. The number of amides is 4. The Hall–Kier alpha value is -3.66. The molecule has 1 N–H and O–H groups in total. The summed E-state index contributed by atoms with van der Waals surface area (Å²) in [5.41, 5.74) is 0.474. The van der Waals surface area contributed by atoms with Crippen molar-refractivity contribution in [2.24, 2.45) is 5.92 Å². The highest BCUT2D eigenvalue weighted by atomic mass is 16.2. The lowest BCUT2D eigenvalue weighted by molar-refractivity contribution is -0.133. The highest BCUT2D eigenvalue weighted by Gasteiger charge is 2.46. The third-order valence-electron chi connectivity index (χ3n) is 5.69. The monoisotopic (exact) mass is 418 g/mol. The molecule has 0 radical (unpaired) electrons. The molecule has 1 aliphatic heterocycles. The minimum absolute atomic E-state index is 0.141. The number of hydrogen-bond donors (Lipinski definition) is 1. The van der Waals surface area contributed by atoms with Crippen molar-refractivity contribution in [2.75, 3.05) is 6.54 Å². The molecular formula is C24H26N4O3. The van der Waals surface area contributed by atoms with Crippen molar-refractivity contribution in [1.29, 1.82) is 5.26 Å². The fourth-order valence-electron chi connectivity index (χ4n) is 3.46. The second kappa shape index (κ2) is 9.00. The van der Waals surface area contributed by atoms with Gasteiger partial charge in [0.1, 0.15) is 18.1 Å². The molecule has 31 heavy (non-hydrogen) atoms. The van der Waals surface area contributed by atoms with Crippen LogP contribution in [-0.2, 0) is 16.1 Å². The van der Waals surface area contributed by atoms with Gasteiger partial charge in [-0.3, -0.25) is 14.5 Å². The quantitative estimate of drug-likeness (QED) is 0.699. The van der Waals surface area contributed by atoms with Gasteiger partial charge in [0, 0.05) is 6.54 Å². The largest absolute Gasteiger partial charge is 0.336 e. The smallest absolute Gasteiger partial charge is 0.328 e. The van der Waals surface area contributed by atoms with E-state index in [4.69, 9.17) is 0 Å². The lowest BCUT2D eigenvalue weighted by atomic mass is 9.90. The molecule has 4 amide bonds. The van der Waals surface area contributed by atoms with Crippen molar-refractivity contribution in [3.05, 3.63) is 71.8 Å². The van der Waals surface area contributed by atoms with Gasteiger partial charge in [-0.2, -0.15) is 5.26 Å². The van der Waals surface area contributed by atoms with E-state index >= 15 is 0 Å². The minimum atomic E-state index is -1.09. The Kier molecular flexibility index (Phi) is 6.40. The Morgan fingerprint density at radius 3 is 2.23 bits per heavy atom. The Labute approximate surface area is 182 Å². The first kappa shape index (κ1) is 22.0. The zero-order valence-corrected chi connectivity index (χ0v) is 17.9. The maximum atomic E-state index is 13.2. The molecule has 160 valence electrons. The summed E-state index contributed by atoms with van der Waals surface area (Å²) in [4.78, 5) is 41.5. The molecule has 7 nitrogen and oxygen atoms in total. The number of carbonyl (C=O) groups is 3. The van der Waals surface area contributed by atoms with Gasteiger partial charge in [0.05, 0.1) is 6.07 Å². The van der Waals surface area contributed by atoms with Gasteiger partial charge >= 0.3 is 6.03 Å². The number of benzene rings is 2. The zero-order valence-electron chi connectivity index (χ0n) is 17.9. The zero-order chi connectivity index (χ0) is 22.6. The van der Waals surface area contributed by atoms with E-state index in [1.54, 1.807) is 19.1 Å². The molecule has 1 heterocycles. The average molecular weight is 418 g/mol. The third-order valence-corrected chi connectivity index (χ3v) is 5.69. The first-order chi connectivity index (χ1) is 14.8. The summed E-state index contributed by atoms with van der Waals surface area (Å²) in [6, 6.07) is 19.2. The maximum absolute atomic E-state index is 13.2. The highest BCUT2D eigenvalue weighted by Crippen LogP contribution is 2.32. The number of imide groups is 1. The first-order valence-corrected chi connectivity index (χ1v) is 10.2. The van der Waals surface area contributed by atoms with Gasteiger partial charge in [0.2, 0.25) is 5.91 Å². The lowest BCUT2D eigenvalue weighted by Crippen LogP contribution is -2.52. The number of hydrogen-bond acceptors (Lipinski definition) is 4. The molecule has 1 aliphatic rings. The molecule has 7 heteroatoms. The van der Waals surface area contributed by atoms with Crippen LogP contribution in [0.25, 0.3) is 0 Å². The van der Waals surface area contributed by atoms with E-state index in [1.165, 1.54) is 4.90 Å². The van der Waals surface area contributed by atoms with Crippen LogP contribution in [0.4, 0.5) is 4.79 Å². The molecule has 0 spiro atoms. The van der Waals surface area contributed by atoms with Crippen LogP contribution in [0.2, 0.25) is 0 Å². The van der Waals surface area contributed by atoms with E-state index in [0.717, 1.165) is 10.5 Å². The number of nitriles is 1. The second-order valence-electron chi connectivity index (χ2n) is 8.15. The summed E-state index contributed by atoms with van der Waals surface area (Å²) >= 11 is 0. The van der Waals surface area contributed by atoms with Crippen molar-refractivity contribution >= 4 is 17.8 Å². The molecule has 0 saturated carbocycles. The van der Waals surface area contributed by atoms with E-state index in [9.17, 15) is 19.6 Å². The van der Waals surface area contributed by atoms with Crippen LogP contribution >= 0.6 is 0 Å². The minimum Gasteiger partial charge on any atom is -0.336 e. The van der Waals surface area contributed by atoms with Gasteiger partial charge in [-0.1, -0.05) is 74.5 Å². The average Bonchev–Trinajstić information content (AvgIpc) is 2.99. The molecule has 2 atom stereocenters. The number of nitrogens with zero attached hydrogens (tertiary/aromatic N) is 3. The summed E-state index contributed by atoms with van der Waals surface area (Å²) in [6.07, 6.45) is 0. The lowest BCUT2D eigenvalue weighted by Gasteiger charge is -2.28. The van der Waals surface area contributed by atoms with Crippen LogP contribution in [0.1, 0.15) is 37.9 Å². The Balaban J connectivity index is 1.86. The summed E-state index contributed by atoms with van der Waals surface area (Å²) in [6.45, 7) is 5.07. The number of rotatable bonds is 7. The number of urea groups is 1. The number of nitrogens with one attached hydrogen (secondary N) is 1. The van der Waals surface area contributed by atoms with Crippen LogP contribution in [0.5, 0.6) is 0 Å². The summed E-state index contributed by atoms with van der Waals surface area (Å²) in [7, 11) is 0. The molecule has 2 unspecified atom stereocenters. The van der Waals surface area contributed by atoms with Crippen molar-refractivity contribution < 1.29 is 14.4 Å². The van der Waals surface area contributed by atoms with E-state index < -0.39 is 36.0 Å². The molecule has 1 fully saturated rings. The van der Waals surface area contributed by atoms with Crippen LogP contribution < -0.4 is 5.32 Å². The molecular weight excluding hydrogens is 392 g/mol. The summed E-state index contributed by atoms with van der Waals surface area (Å²) in [5.74, 6) is -1.14. The van der Waals surface area contributed by atoms with Crippen molar-refractivity contribution in [2.45, 2.75) is 38.9 Å². The highest BCUT2D eigenvalue weighted by molar-refractivity contribution is 6.06. The Bertz CT molecular complexity index is 1000. The Morgan fingerprint density at radius 1 is 1.10 bits per heavy atom. The van der Waals surface area contributed by atoms with E-state index in [0.29, 0.717) is 5.56 Å². The van der Waals surface area contributed by atoms with Crippen LogP contribution in [-0.4, -0.2) is 39.7 Å². The van der Waals surface area contributed by atoms with E-state index in [1.807, 2.05) is 62.4 Å². The van der Waals surface area contributed by atoms with Gasteiger partial charge in [-0.25, -0.2) is 4.79 Å². The number of carbonyl (C=O) groups excluding carboxylic acids is 3. The predicted molar refractivity (Wildman–Crippen MR) is 115 cm³/mol. The normalized spacial score (nSPS) is 18.1. The fraction of sp³-hybridized carbons (Fsp3) is 0.333. The summed E-state index contributed by atoms with van der Waals surface area (Å²) < 4.78 is 0. The topological polar surface area (TPSA) is 93.5 Å². The third kappa shape index (κ3) is 4.58. The van der Waals surface area contributed by atoms with E-state index in [-0.39, 0.29) is 12.5 Å². The summed E-state index contributed by atoms with van der Waals surface area (Å²) in [5, 5.41) is 12.1. The standard InChI is InChI=1S/C24H26N4O3/c1-17(2)24(3,16-25)26-20(29)15-28-22(30)21(19-12-8-5-9-13-19)27(23(28)31)14-18-10-6-4-7-11-18/h4-13,17,21H,14-15H2,1-3H3,(H,26,29). The molecule has 1 saturated heterocycles. The SMILES string of the molecule is CC(C)C(C)(C#N)NC(=O)CN1C(=O)C(c2ccccc2)N(Cc2ccccc2)C1=O. The molecule has 3 rings (SSSR count). The molecule has 2 aromatic carbocycles. The molecule has 0 bridgehead atoms. The maximum Gasteiger partial charge on any atom is 0.328 e. The van der Waals surface area contributed by atoms with Gasteiger partial charge in [0.25, 0.3) is 5.91 Å². The molecule has 0 aliphatic carbocycles. The van der Waals surface area contributed by atoms with E-state index in [2.05, 4.69) is 11.4 Å². The first-order valence-electron chi connectivity index (χ1n) is 10.2. The van der Waals surface area contributed by atoms with Crippen LogP contribution in [0.15, 0.2) is 60.7 Å². The van der Waals surface area contributed by atoms with Crippen molar-refractivity contribution in [1.82, 2.24) is 15.1 Å². The van der Waals surface area contributed by atoms with Crippen molar-refractivity contribution in [3.63, 3.8) is 0 Å². The Morgan fingerprint density at radius 2 is 1.68 bits per heavy atom. The van der Waals surface area contributed by atoms with Crippen molar-refractivity contribution in [3.8, 4) is 6.07 Å². The van der Waals surface area contributed by atoms with Gasteiger partial charge in [-0.15, -0.1) is 0 Å². The van der Waals surface area contributed by atoms with Gasteiger partial charge in [-0.05, 0) is 24.0 Å². The van der Waals surface area contributed by atoms with Crippen LogP contribution in [0.3, 0.4) is 0 Å². The predicted octanol–water partition coefficient (Wildman–Crippen LogP) is 3.25. The molecule has 0 aromatic heterocycles. The van der Waals surface area contributed by atoms with Gasteiger partial charge < -0.3 is 10.2 Å². The van der Waals surface area contributed by atoms with Gasteiger partial charge in [0.15, 0.2) is 0 Å². The second-order valence-corrected chi connectivity index (χ2v) is 8.15. The van der Waals surface area contributed by atoms with Crippen LogP contribution in [0, 0.1) is 17.2 Å².